The van der Waals surface area contributed by atoms with Gasteiger partial charge in [-0.05, 0) is 37.4 Å². The molecule has 1 aromatic carbocycles. The van der Waals surface area contributed by atoms with Gasteiger partial charge in [0.15, 0.2) is 0 Å². The van der Waals surface area contributed by atoms with E-state index in [0.717, 1.165) is 23.5 Å². The van der Waals surface area contributed by atoms with E-state index in [2.05, 4.69) is 11.6 Å². The predicted molar refractivity (Wildman–Crippen MR) is 72.7 cm³/mol. The summed E-state index contributed by atoms with van der Waals surface area (Å²) in [5.41, 5.74) is 6.09. The number of unbranched alkanes of at least 4 members (excludes halogenated alkanes) is 1. The number of thioether (sulfide) groups is 1. The van der Waals surface area contributed by atoms with Gasteiger partial charge in [-0.15, -0.1) is 11.8 Å². The third-order valence-corrected chi connectivity index (χ3v) is 5.02. The number of nitrogen functional groups attached to an aromatic ring is 1. The molecule has 0 fully saturated rings. The molecule has 1 rings (SSSR count). The number of nitrogens with one attached hydrogen (secondary N) is 1. The fourth-order valence-corrected chi connectivity index (χ4v) is 3.66. The minimum Gasteiger partial charge on any atom is -0.399 e. The molecule has 0 saturated heterocycles. The normalized spacial score (nSPS) is 11.6. The molecule has 96 valence electrons. The second kappa shape index (κ2) is 6.28. The van der Waals surface area contributed by atoms with Crippen molar-refractivity contribution in [1.29, 1.82) is 0 Å². The van der Waals surface area contributed by atoms with Crippen LogP contribution in [0.2, 0.25) is 0 Å². The summed E-state index contributed by atoms with van der Waals surface area (Å²) in [4.78, 5) is 1.02. The van der Waals surface area contributed by atoms with Crippen molar-refractivity contribution in [3.8, 4) is 0 Å². The molecule has 0 aliphatic rings. The van der Waals surface area contributed by atoms with Crippen LogP contribution in [0.25, 0.3) is 0 Å². The van der Waals surface area contributed by atoms with E-state index in [1.54, 1.807) is 23.9 Å². The van der Waals surface area contributed by atoms with Crippen molar-refractivity contribution in [3.05, 3.63) is 18.2 Å². The van der Waals surface area contributed by atoms with E-state index in [9.17, 15) is 8.42 Å². The molecule has 4 nitrogen and oxygen atoms in total. The maximum absolute atomic E-state index is 11.8. The Morgan fingerprint density at radius 1 is 1.41 bits per heavy atom. The summed E-state index contributed by atoms with van der Waals surface area (Å²) in [6, 6.07) is 4.99. The van der Waals surface area contributed by atoms with E-state index in [4.69, 9.17) is 5.73 Å². The van der Waals surface area contributed by atoms with Crippen LogP contribution in [0.4, 0.5) is 5.69 Å². The first-order chi connectivity index (χ1) is 8.01. The van der Waals surface area contributed by atoms with Crippen molar-refractivity contribution in [2.24, 2.45) is 0 Å². The van der Waals surface area contributed by atoms with E-state index in [-0.39, 0.29) is 4.90 Å². The average molecular weight is 274 g/mol. The maximum Gasteiger partial charge on any atom is 0.241 e. The molecule has 3 N–H and O–H groups in total. The molecule has 0 aromatic heterocycles. The first-order valence-corrected chi connectivity index (χ1v) is 7.94. The van der Waals surface area contributed by atoms with Gasteiger partial charge in [-0.1, -0.05) is 13.3 Å². The molecule has 0 amide bonds. The van der Waals surface area contributed by atoms with Gasteiger partial charge in [-0.2, -0.15) is 0 Å². The largest absolute Gasteiger partial charge is 0.399 e. The maximum atomic E-state index is 11.8. The molecule has 0 unspecified atom stereocenters. The summed E-state index contributed by atoms with van der Waals surface area (Å²) in [6.45, 7) is 2.11. The predicted octanol–water partition coefficient (Wildman–Crippen LogP) is 2.07. The van der Waals surface area contributed by atoms with Crippen molar-refractivity contribution in [2.75, 3.05) is 18.5 Å². The van der Waals surface area contributed by atoms with Crippen LogP contribution in [0.5, 0.6) is 0 Å². The van der Waals surface area contributed by atoms with Gasteiger partial charge in [-0.3, -0.25) is 0 Å². The number of sulfonamides is 1. The fraction of sp³-hybridized carbons (Fsp3) is 0.455. The molecule has 0 bridgehead atoms. The van der Waals surface area contributed by atoms with Gasteiger partial charge in [0, 0.05) is 10.6 Å². The molecule has 17 heavy (non-hydrogen) atoms. The Bertz CT molecular complexity index is 472. The van der Waals surface area contributed by atoms with Crippen LogP contribution in [0.3, 0.4) is 0 Å². The number of anilines is 1. The van der Waals surface area contributed by atoms with E-state index in [1.807, 2.05) is 0 Å². The van der Waals surface area contributed by atoms with Gasteiger partial charge in [0.2, 0.25) is 10.0 Å². The molecule has 0 saturated carbocycles. The van der Waals surface area contributed by atoms with E-state index in [1.165, 1.54) is 13.1 Å². The summed E-state index contributed by atoms with van der Waals surface area (Å²) in [5.74, 6) is 0.909. The monoisotopic (exact) mass is 274 g/mol. The zero-order valence-corrected chi connectivity index (χ0v) is 11.7. The molecule has 0 aliphatic heterocycles. The lowest BCUT2D eigenvalue weighted by atomic mass is 10.3. The third kappa shape index (κ3) is 3.90. The number of hydrogen-bond acceptors (Lipinski definition) is 4. The fourth-order valence-electron chi connectivity index (χ4n) is 1.29. The molecule has 0 heterocycles. The summed E-state index contributed by atoms with van der Waals surface area (Å²) < 4.78 is 26.0. The SMILES string of the molecule is CCCCSc1ccc(N)cc1S(=O)(=O)NC. The van der Waals surface area contributed by atoms with Crippen molar-refractivity contribution in [3.63, 3.8) is 0 Å². The number of benzene rings is 1. The van der Waals surface area contributed by atoms with E-state index < -0.39 is 10.0 Å². The molecule has 0 radical (unpaired) electrons. The van der Waals surface area contributed by atoms with Gasteiger partial charge in [0.25, 0.3) is 0 Å². The highest BCUT2D eigenvalue weighted by Crippen LogP contribution is 2.28. The Hall–Kier alpha value is -0.720. The smallest absolute Gasteiger partial charge is 0.241 e. The molecular weight excluding hydrogens is 256 g/mol. The Kier molecular flexibility index (Phi) is 5.30. The topological polar surface area (TPSA) is 72.2 Å². The lowest BCUT2D eigenvalue weighted by Gasteiger charge is -2.10. The van der Waals surface area contributed by atoms with Crippen LogP contribution in [0.15, 0.2) is 28.0 Å². The summed E-state index contributed by atoms with van der Waals surface area (Å²) in [7, 11) is -2.04. The van der Waals surface area contributed by atoms with Crippen LogP contribution in [-0.4, -0.2) is 21.2 Å². The van der Waals surface area contributed by atoms with Gasteiger partial charge in [0.05, 0.1) is 4.90 Å². The second-order valence-electron chi connectivity index (χ2n) is 3.62. The highest BCUT2D eigenvalue weighted by molar-refractivity contribution is 8.00. The lowest BCUT2D eigenvalue weighted by Crippen LogP contribution is -2.19. The zero-order valence-electron chi connectivity index (χ0n) is 10.1. The van der Waals surface area contributed by atoms with Crippen LogP contribution < -0.4 is 10.5 Å². The summed E-state index contributed by atoms with van der Waals surface area (Å²) in [6.07, 6.45) is 2.16. The van der Waals surface area contributed by atoms with Gasteiger partial charge in [0.1, 0.15) is 0 Å². The highest BCUT2D eigenvalue weighted by atomic mass is 32.2. The lowest BCUT2D eigenvalue weighted by molar-refractivity contribution is 0.586. The zero-order chi connectivity index (χ0) is 12.9. The minimum absolute atomic E-state index is 0.265. The first kappa shape index (κ1) is 14.3. The van der Waals surface area contributed by atoms with E-state index >= 15 is 0 Å². The Morgan fingerprint density at radius 3 is 2.71 bits per heavy atom. The van der Waals surface area contributed by atoms with Crippen molar-refractivity contribution in [2.45, 2.75) is 29.6 Å². The Balaban J connectivity index is 3.04. The number of hydrogen-bond donors (Lipinski definition) is 2. The van der Waals surface area contributed by atoms with Gasteiger partial charge in [-0.25, -0.2) is 13.1 Å². The Labute approximate surface area is 107 Å². The minimum atomic E-state index is -3.44. The van der Waals surface area contributed by atoms with Crippen LogP contribution in [0.1, 0.15) is 19.8 Å². The molecule has 0 aliphatic carbocycles. The average Bonchev–Trinajstić information content (AvgIpc) is 2.31. The molecule has 1 aromatic rings. The standard InChI is InChI=1S/C11H18N2O2S2/c1-3-4-7-16-10-6-5-9(12)8-11(10)17(14,15)13-2/h5-6,8,13H,3-4,7,12H2,1-2H3. The second-order valence-corrected chi connectivity index (χ2v) is 6.61. The van der Waals surface area contributed by atoms with Gasteiger partial charge < -0.3 is 5.73 Å². The summed E-state index contributed by atoms with van der Waals surface area (Å²) in [5, 5.41) is 0. The van der Waals surface area contributed by atoms with E-state index in [0.29, 0.717) is 5.69 Å². The van der Waals surface area contributed by atoms with Crippen LogP contribution in [0, 0.1) is 0 Å². The molecule has 0 spiro atoms. The van der Waals surface area contributed by atoms with Crippen molar-refractivity contribution >= 4 is 27.5 Å². The molecule has 6 heteroatoms. The van der Waals surface area contributed by atoms with Crippen molar-refractivity contribution in [1.82, 2.24) is 4.72 Å². The summed E-state index contributed by atoms with van der Waals surface area (Å²) >= 11 is 1.55. The molecular formula is C11H18N2O2S2. The van der Waals surface area contributed by atoms with Crippen molar-refractivity contribution < 1.29 is 8.42 Å². The van der Waals surface area contributed by atoms with Crippen LogP contribution >= 0.6 is 11.8 Å². The Morgan fingerprint density at radius 2 is 2.12 bits per heavy atom. The number of rotatable bonds is 6. The van der Waals surface area contributed by atoms with Crippen LogP contribution in [-0.2, 0) is 10.0 Å². The highest BCUT2D eigenvalue weighted by Gasteiger charge is 2.17. The first-order valence-electron chi connectivity index (χ1n) is 5.47. The van der Waals surface area contributed by atoms with Gasteiger partial charge >= 0.3 is 0 Å². The number of nitrogens with two attached hydrogens (primary N) is 1. The third-order valence-electron chi connectivity index (χ3n) is 2.28. The quantitative estimate of drug-likeness (QED) is 0.473. The molecule has 0 atom stereocenters.